The number of carbonyl (C=O) groups is 2. The molecular weight excluding hydrogens is 378 g/mol. The lowest BCUT2D eigenvalue weighted by molar-refractivity contribution is -0.132. The Bertz CT molecular complexity index is 932. The summed E-state index contributed by atoms with van der Waals surface area (Å²) in [5.41, 5.74) is 9.02. The highest BCUT2D eigenvalue weighted by molar-refractivity contribution is 6.43. The predicted octanol–water partition coefficient (Wildman–Crippen LogP) is 1.66. The number of piperazine rings is 1. The van der Waals surface area contributed by atoms with Gasteiger partial charge in [-0.2, -0.15) is 0 Å². The minimum atomic E-state index is -0.414. The zero-order valence-electron chi connectivity index (χ0n) is 17.1. The third kappa shape index (κ3) is 5.05. The molecule has 3 N–H and O–H groups in total. The van der Waals surface area contributed by atoms with Crippen LogP contribution in [0.1, 0.15) is 0 Å². The Kier molecular flexibility index (Phi) is 7.21. The minimum Gasteiger partial charge on any atom is -0.405 e. The maximum atomic E-state index is 12.5. The number of amides is 2. The molecule has 0 spiro atoms. The molecule has 2 amide bonds. The van der Waals surface area contributed by atoms with Crippen LogP contribution in [0.4, 0.5) is 5.69 Å². The second-order valence-corrected chi connectivity index (χ2v) is 6.90. The predicted molar refractivity (Wildman–Crippen MR) is 120 cm³/mol. The van der Waals surface area contributed by atoms with Gasteiger partial charge >= 0.3 is 0 Å². The van der Waals surface area contributed by atoms with E-state index in [4.69, 9.17) is 5.73 Å². The number of hydrogen-bond acceptors (Lipinski definition) is 5. The van der Waals surface area contributed by atoms with Crippen LogP contribution < -0.4 is 16.0 Å². The fourth-order valence-electron chi connectivity index (χ4n) is 3.51. The normalized spacial score (nSPS) is 14.8. The summed E-state index contributed by atoms with van der Waals surface area (Å²) in [6.45, 7) is 2.63. The SMILES string of the molecule is C/N=C(\C=C/N)C(=O)NCC(=O)N1CCN(c2ccccc2-c2ccccc2)CC1. The third-order valence-corrected chi connectivity index (χ3v) is 5.09. The quantitative estimate of drug-likeness (QED) is 0.715. The van der Waals surface area contributed by atoms with Crippen LogP contribution >= 0.6 is 0 Å². The van der Waals surface area contributed by atoms with Gasteiger partial charge in [0.15, 0.2) is 0 Å². The van der Waals surface area contributed by atoms with Gasteiger partial charge in [0, 0.05) is 44.5 Å². The van der Waals surface area contributed by atoms with E-state index < -0.39 is 5.91 Å². The van der Waals surface area contributed by atoms with Gasteiger partial charge in [-0.25, -0.2) is 0 Å². The minimum absolute atomic E-state index is 0.0587. The maximum absolute atomic E-state index is 12.5. The Labute approximate surface area is 176 Å². The molecule has 0 atom stereocenters. The molecule has 30 heavy (non-hydrogen) atoms. The number of nitrogens with one attached hydrogen (secondary N) is 1. The number of rotatable bonds is 6. The van der Waals surface area contributed by atoms with Crippen molar-refractivity contribution in [2.24, 2.45) is 10.7 Å². The molecule has 2 aromatic carbocycles. The van der Waals surface area contributed by atoms with Gasteiger partial charge in [-0.15, -0.1) is 0 Å². The van der Waals surface area contributed by atoms with Crippen molar-refractivity contribution in [1.82, 2.24) is 10.2 Å². The Morgan fingerprint density at radius 2 is 1.70 bits per heavy atom. The number of aliphatic imine (C=N–C) groups is 1. The molecule has 1 saturated heterocycles. The van der Waals surface area contributed by atoms with Crippen molar-refractivity contribution >= 4 is 23.2 Å². The zero-order chi connectivity index (χ0) is 21.3. The lowest BCUT2D eigenvalue weighted by atomic mass is 10.0. The molecule has 7 nitrogen and oxygen atoms in total. The number of nitrogens with two attached hydrogens (primary N) is 1. The molecule has 2 aromatic rings. The Hall–Kier alpha value is -3.61. The van der Waals surface area contributed by atoms with Crippen LogP contribution in [0.2, 0.25) is 0 Å². The molecule has 7 heteroatoms. The Morgan fingerprint density at radius 1 is 1.03 bits per heavy atom. The van der Waals surface area contributed by atoms with Crippen LogP contribution in [0, 0.1) is 0 Å². The van der Waals surface area contributed by atoms with E-state index in [0.717, 1.165) is 13.1 Å². The Balaban J connectivity index is 1.58. The second kappa shape index (κ2) is 10.2. The van der Waals surface area contributed by atoms with Gasteiger partial charge in [0.05, 0.1) is 6.54 Å². The highest BCUT2D eigenvalue weighted by Gasteiger charge is 2.23. The maximum Gasteiger partial charge on any atom is 0.269 e. The fraction of sp³-hybridized carbons (Fsp3) is 0.261. The first-order valence-corrected chi connectivity index (χ1v) is 9.94. The molecule has 1 heterocycles. The van der Waals surface area contributed by atoms with Crippen molar-refractivity contribution in [3.63, 3.8) is 0 Å². The monoisotopic (exact) mass is 405 g/mol. The van der Waals surface area contributed by atoms with Crippen molar-refractivity contribution in [1.29, 1.82) is 0 Å². The van der Waals surface area contributed by atoms with Crippen LogP contribution in [0.5, 0.6) is 0 Å². The van der Waals surface area contributed by atoms with E-state index in [-0.39, 0.29) is 18.2 Å². The summed E-state index contributed by atoms with van der Waals surface area (Å²) >= 11 is 0. The highest BCUT2D eigenvalue weighted by atomic mass is 16.2. The number of hydrogen-bond donors (Lipinski definition) is 2. The zero-order valence-corrected chi connectivity index (χ0v) is 17.1. The van der Waals surface area contributed by atoms with E-state index in [1.54, 1.807) is 4.90 Å². The number of carbonyl (C=O) groups excluding carboxylic acids is 2. The third-order valence-electron chi connectivity index (χ3n) is 5.09. The second-order valence-electron chi connectivity index (χ2n) is 6.90. The summed E-state index contributed by atoms with van der Waals surface area (Å²) < 4.78 is 0. The van der Waals surface area contributed by atoms with E-state index >= 15 is 0 Å². The van der Waals surface area contributed by atoms with Gasteiger partial charge in [-0.1, -0.05) is 48.5 Å². The largest absolute Gasteiger partial charge is 0.405 e. The van der Waals surface area contributed by atoms with Gasteiger partial charge in [0.2, 0.25) is 5.91 Å². The lowest BCUT2D eigenvalue weighted by Crippen LogP contribution is -2.51. The molecule has 156 valence electrons. The summed E-state index contributed by atoms with van der Waals surface area (Å²) in [4.78, 5) is 32.5. The summed E-state index contributed by atoms with van der Waals surface area (Å²) in [5.74, 6) is -0.519. The molecule has 1 aliphatic rings. The summed E-state index contributed by atoms with van der Waals surface area (Å²) in [6, 6.07) is 18.6. The van der Waals surface area contributed by atoms with Crippen LogP contribution in [0.3, 0.4) is 0 Å². The highest BCUT2D eigenvalue weighted by Crippen LogP contribution is 2.31. The van der Waals surface area contributed by atoms with Gasteiger partial charge in [0.1, 0.15) is 5.71 Å². The summed E-state index contributed by atoms with van der Waals surface area (Å²) in [7, 11) is 1.50. The summed E-state index contributed by atoms with van der Waals surface area (Å²) in [6.07, 6.45) is 2.65. The smallest absolute Gasteiger partial charge is 0.269 e. The van der Waals surface area contributed by atoms with E-state index in [1.807, 2.05) is 30.3 Å². The molecule has 1 aliphatic heterocycles. The topological polar surface area (TPSA) is 91.0 Å². The van der Waals surface area contributed by atoms with Gasteiger partial charge < -0.3 is 20.9 Å². The van der Waals surface area contributed by atoms with E-state index in [2.05, 4.69) is 39.5 Å². The first-order chi connectivity index (χ1) is 14.6. The molecular formula is C23H27N5O2. The van der Waals surface area contributed by atoms with E-state index in [9.17, 15) is 9.59 Å². The van der Waals surface area contributed by atoms with Crippen LogP contribution in [0.25, 0.3) is 11.1 Å². The molecule has 0 radical (unpaired) electrons. The first-order valence-electron chi connectivity index (χ1n) is 9.94. The molecule has 3 rings (SSSR count). The van der Waals surface area contributed by atoms with Crippen LogP contribution in [-0.4, -0.2) is 62.2 Å². The van der Waals surface area contributed by atoms with Gasteiger partial charge in [-0.05, 0) is 23.9 Å². The van der Waals surface area contributed by atoms with Gasteiger partial charge in [0.25, 0.3) is 5.91 Å². The van der Waals surface area contributed by atoms with Crippen molar-refractivity contribution in [2.45, 2.75) is 0 Å². The van der Waals surface area contributed by atoms with Crippen molar-refractivity contribution in [2.75, 3.05) is 44.7 Å². The van der Waals surface area contributed by atoms with E-state index in [0.29, 0.717) is 13.1 Å². The molecule has 0 aromatic heterocycles. The fourth-order valence-corrected chi connectivity index (χ4v) is 3.51. The molecule has 0 saturated carbocycles. The average molecular weight is 406 g/mol. The van der Waals surface area contributed by atoms with Crippen LogP contribution in [-0.2, 0) is 9.59 Å². The number of anilines is 1. The molecule has 0 aliphatic carbocycles. The van der Waals surface area contributed by atoms with Crippen molar-refractivity contribution in [3.05, 3.63) is 66.9 Å². The summed E-state index contributed by atoms with van der Waals surface area (Å²) in [5, 5.41) is 2.61. The van der Waals surface area contributed by atoms with Crippen LogP contribution in [0.15, 0.2) is 71.9 Å². The molecule has 0 unspecified atom stereocenters. The van der Waals surface area contributed by atoms with Crippen molar-refractivity contribution < 1.29 is 9.59 Å². The standard InChI is InChI=1S/C23H27N5O2/c1-25-20(11-12-24)23(30)26-17-22(29)28-15-13-27(14-16-28)21-10-6-5-9-19(21)18-7-3-2-4-8-18/h2-12H,13-17,24H2,1H3,(H,26,30)/b12-11-,25-20+. The Morgan fingerprint density at radius 3 is 2.37 bits per heavy atom. The first kappa shape index (κ1) is 21.1. The number of benzene rings is 2. The number of para-hydroxylation sites is 1. The van der Waals surface area contributed by atoms with Crippen molar-refractivity contribution in [3.8, 4) is 11.1 Å². The average Bonchev–Trinajstić information content (AvgIpc) is 2.81. The van der Waals surface area contributed by atoms with E-state index in [1.165, 1.54) is 36.1 Å². The lowest BCUT2D eigenvalue weighted by Gasteiger charge is -2.37. The molecule has 1 fully saturated rings. The van der Waals surface area contributed by atoms with Gasteiger partial charge in [-0.3, -0.25) is 14.6 Å². The molecule has 0 bridgehead atoms. The number of nitrogens with zero attached hydrogens (tertiary/aromatic N) is 3.